The molecule has 0 radical (unpaired) electrons. The van der Waals surface area contributed by atoms with Gasteiger partial charge in [0, 0.05) is 43.8 Å². The molecule has 1 N–H and O–H groups in total. The average molecular weight is 496 g/mol. The van der Waals surface area contributed by atoms with Crippen LogP contribution in [0.3, 0.4) is 0 Å². The van der Waals surface area contributed by atoms with Crippen LogP contribution in [0.5, 0.6) is 17.2 Å². The fraction of sp³-hybridized carbons (Fsp3) is 0.346. The summed E-state index contributed by atoms with van der Waals surface area (Å²) in [4.78, 5) is 31.7. The molecular formula is C26H26ClN3O5. The summed E-state index contributed by atoms with van der Waals surface area (Å²) >= 11 is 6.44. The summed E-state index contributed by atoms with van der Waals surface area (Å²) in [5.74, 6) is 0.360. The van der Waals surface area contributed by atoms with Crippen molar-refractivity contribution in [2.24, 2.45) is 13.0 Å². The van der Waals surface area contributed by atoms with Crippen LogP contribution in [-0.4, -0.2) is 47.5 Å². The first-order valence-electron chi connectivity index (χ1n) is 11.4. The second kappa shape index (κ2) is 8.61. The van der Waals surface area contributed by atoms with Crippen molar-refractivity contribution in [3.63, 3.8) is 0 Å². The SMILES string of the molecule is COc1cc(OC)c2c(c1Cl)OC1(C(=O)C=C(NCCc3nc4ccccc4n3C)CC1C)C2=O. The van der Waals surface area contributed by atoms with Crippen molar-refractivity contribution in [2.75, 3.05) is 20.8 Å². The average Bonchev–Trinajstić information content (AvgIpc) is 3.34. The van der Waals surface area contributed by atoms with E-state index in [0.717, 1.165) is 22.6 Å². The molecule has 5 rings (SSSR count). The molecule has 2 heterocycles. The molecule has 0 amide bonds. The number of hydrogen-bond donors (Lipinski definition) is 1. The minimum absolute atomic E-state index is 0.125. The number of aromatic nitrogens is 2. The molecule has 2 aliphatic rings. The Bertz CT molecular complexity index is 1400. The molecule has 9 heteroatoms. The van der Waals surface area contributed by atoms with Crippen molar-refractivity contribution in [1.82, 2.24) is 14.9 Å². The van der Waals surface area contributed by atoms with Crippen molar-refractivity contribution < 1.29 is 23.8 Å². The number of aryl methyl sites for hydroxylation is 1. The number of methoxy groups -OCH3 is 2. The summed E-state index contributed by atoms with van der Waals surface area (Å²) in [5, 5.41) is 3.49. The van der Waals surface area contributed by atoms with E-state index in [1.165, 1.54) is 26.4 Å². The van der Waals surface area contributed by atoms with Gasteiger partial charge >= 0.3 is 0 Å². The highest BCUT2D eigenvalue weighted by Gasteiger charge is 2.60. The molecule has 8 nitrogen and oxygen atoms in total. The molecule has 3 aromatic rings. The molecule has 1 aliphatic carbocycles. The first-order chi connectivity index (χ1) is 16.8. The maximum absolute atomic E-state index is 13.6. The molecule has 1 spiro atoms. The molecule has 1 aromatic heterocycles. The second-order valence-corrected chi connectivity index (χ2v) is 9.24. The van der Waals surface area contributed by atoms with Crippen LogP contribution in [0.1, 0.15) is 29.5 Å². The van der Waals surface area contributed by atoms with Gasteiger partial charge in [-0.1, -0.05) is 30.7 Å². The van der Waals surface area contributed by atoms with Crippen LogP contribution in [-0.2, 0) is 18.3 Å². The van der Waals surface area contributed by atoms with E-state index in [2.05, 4.69) is 9.88 Å². The van der Waals surface area contributed by atoms with Gasteiger partial charge in [0.2, 0.25) is 17.2 Å². The first kappa shape index (κ1) is 23.2. The third kappa shape index (κ3) is 3.46. The number of carbonyl (C=O) groups is 2. The number of ether oxygens (including phenoxy) is 3. The van der Waals surface area contributed by atoms with E-state index < -0.39 is 23.1 Å². The third-order valence-corrected chi connectivity index (χ3v) is 7.25. The lowest BCUT2D eigenvalue weighted by atomic mass is 9.74. The number of halogens is 1. The summed E-state index contributed by atoms with van der Waals surface area (Å²) in [6.07, 6.45) is 2.62. The molecule has 35 heavy (non-hydrogen) atoms. The minimum atomic E-state index is -1.67. The molecule has 0 fully saturated rings. The number of nitrogens with one attached hydrogen (secondary N) is 1. The highest BCUT2D eigenvalue weighted by atomic mass is 35.5. The fourth-order valence-corrected chi connectivity index (χ4v) is 5.27. The van der Waals surface area contributed by atoms with E-state index in [4.69, 9.17) is 30.8 Å². The predicted molar refractivity (Wildman–Crippen MR) is 132 cm³/mol. The zero-order chi connectivity index (χ0) is 24.9. The Morgan fingerprint density at radius 2 is 1.97 bits per heavy atom. The number of fused-ring (bicyclic) bond motifs is 2. The molecule has 0 saturated carbocycles. The minimum Gasteiger partial charge on any atom is -0.496 e. The Balaban J connectivity index is 1.36. The maximum Gasteiger partial charge on any atom is 0.236 e. The van der Waals surface area contributed by atoms with Gasteiger partial charge in [0.1, 0.15) is 27.9 Å². The van der Waals surface area contributed by atoms with Gasteiger partial charge in [-0.05, 0) is 18.6 Å². The van der Waals surface area contributed by atoms with E-state index in [1.54, 1.807) is 0 Å². The van der Waals surface area contributed by atoms with Gasteiger partial charge < -0.3 is 24.1 Å². The van der Waals surface area contributed by atoms with Crippen LogP contribution in [0.25, 0.3) is 11.0 Å². The Morgan fingerprint density at radius 1 is 1.23 bits per heavy atom. The number of hydrogen-bond acceptors (Lipinski definition) is 7. The lowest BCUT2D eigenvalue weighted by Crippen LogP contribution is -2.55. The molecule has 182 valence electrons. The van der Waals surface area contributed by atoms with Gasteiger partial charge in [-0.15, -0.1) is 0 Å². The summed E-state index contributed by atoms with van der Waals surface area (Å²) in [6, 6.07) is 9.52. The number of para-hydroxylation sites is 2. The molecule has 2 unspecified atom stereocenters. The van der Waals surface area contributed by atoms with Gasteiger partial charge in [-0.25, -0.2) is 4.98 Å². The van der Waals surface area contributed by atoms with Crippen molar-refractivity contribution in [3.05, 3.63) is 58.5 Å². The Morgan fingerprint density at radius 3 is 2.66 bits per heavy atom. The van der Waals surface area contributed by atoms with Gasteiger partial charge in [0.05, 0.1) is 25.3 Å². The Labute approximate surface area is 207 Å². The number of ketones is 2. The number of carbonyl (C=O) groups excluding carboxylic acids is 2. The van der Waals surface area contributed by atoms with Crippen LogP contribution >= 0.6 is 11.6 Å². The standard InChI is InChI=1S/C26H26ClN3O5/c1-14-11-15(28-10-9-21-29-16-7-5-6-8-17(16)30(21)2)12-20(31)26(14)25(32)22-18(33-3)13-19(34-4)23(27)24(22)35-26/h5-8,12-14,28H,9-11H2,1-4H3. The van der Waals surface area contributed by atoms with Crippen LogP contribution in [0.4, 0.5) is 0 Å². The molecule has 2 atom stereocenters. The summed E-state index contributed by atoms with van der Waals surface area (Å²) in [7, 11) is 4.90. The van der Waals surface area contributed by atoms with E-state index in [1.807, 2.05) is 38.2 Å². The number of allylic oxidation sites excluding steroid dienone is 1. The highest BCUT2D eigenvalue weighted by Crippen LogP contribution is 2.52. The highest BCUT2D eigenvalue weighted by molar-refractivity contribution is 6.36. The Kier molecular flexibility index (Phi) is 5.71. The monoisotopic (exact) mass is 495 g/mol. The van der Waals surface area contributed by atoms with Gasteiger partial charge in [0.15, 0.2) is 5.75 Å². The quantitative estimate of drug-likeness (QED) is 0.519. The maximum atomic E-state index is 13.6. The predicted octanol–water partition coefficient (Wildman–Crippen LogP) is 3.88. The summed E-state index contributed by atoms with van der Waals surface area (Å²) in [5.41, 5.74) is 1.29. The zero-order valence-electron chi connectivity index (χ0n) is 20.0. The number of rotatable bonds is 6. The van der Waals surface area contributed by atoms with Crippen LogP contribution in [0.2, 0.25) is 5.02 Å². The van der Waals surface area contributed by atoms with Crippen LogP contribution in [0.15, 0.2) is 42.1 Å². The van der Waals surface area contributed by atoms with Gasteiger partial charge in [-0.3, -0.25) is 9.59 Å². The second-order valence-electron chi connectivity index (χ2n) is 8.86. The molecule has 1 aliphatic heterocycles. The molecule has 0 saturated heterocycles. The third-order valence-electron chi connectivity index (χ3n) is 6.89. The summed E-state index contributed by atoms with van der Waals surface area (Å²) in [6.45, 7) is 2.43. The fourth-order valence-electron chi connectivity index (χ4n) is 5.01. The van der Waals surface area contributed by atoms with Crippen LogP contribution < -0.4 is 19.5 Å². The smallest absolute Gasteiger partial charge is 0.236 e. The van der Waals surface area contributed by atoms with E-state index in [9.17, 15) is 9.59 Å². The van der Waals surface area contributed by atoms with E-state index >= 15 is 0 Å². The van der Waals surface area contributed by atoms with Crippen molar-refractivity contribution >= 4 is 34.2 Å². The number of benzene rings is 2. The largest absolute Gasteiger partial charge is 0.496 e. The lowest BCUT2D eigenvalue weighted by Gasteiger charge is -2.35. The summed E-state index contributed by atoms with van der Waals surface area (Å²) < 4.78 is 18.8. The van der Waals surface area contributed by atoms with E-state index in [-0.39, 0.29) is 22.1 Å². The zero-order valence-corrected chi connectivity index (χ0v) is 20.7. The molecule has 2 aromatic carbocycles. The molecular weight excluding hydrogens is 470 g/mol. The van der Waals surface area contributed by atoms with E-state index in [0.29, 0.717) is 25.1 Å². The molecule has 0 bridgehead atoms. The number of nitrogens with zero attached hydrogens (tertiary/aromatic N) is 2. The lowest BCUT2D eigenvalue weighted by molar-refractivity contribution is -0.129. The van der Waals surface area contributed by atoms with Crippen molar-refractivity contribution in [2.45, 2.75) is 25.4 Å². The van der Waals surface area contributed by atoms with Crippen molar-refractivity contribution in [1.29, 1.82) is 0 Å². The van der Waals surface area contributed by atoms with Gasteiger partial charge in [0.25, 0.3) is 0 Å². The number of Topliss-reactive ketones (excluding diaryl/α,β-unsaturated/α-hetero) is 1. The van der Waals surface area contributed by atoms with Gasteiger partial charge in [-0.2, -0.15) is 0 Å². The normalized spacial score (nSPS) is 21.2. The number of imidazole rings is 1. The topological polar surface area (TPSA) is 91.7 Å². The first-order valence-corrected chi connectivity index (χ1v) is 11.8. The van der Waals surface area contributed by atoms with Crippen molar-refractivity contribution in [3.8, 4) is 17.2 Å². The Hall–Kier alpha value is -3.52. The van der Waals surface area contributed by atoms with Crippen LogP contribution in [0, 0.1) is 5.92 Å².